The van der Waals surface area contributed by atoms with E-state index in [0.717, 1.165) is 0 Å². The summed E-state index contributed by atoms with van der Waals surface area (Å²) in [6, 6.07) is 14.8. The van der Waals surface area contributed by atoms with Crippen LogP contribution >= 0.6 is 0 Å². The molecule has 0 heterocycles. The number of rotatable bonds is 2. The number of para-hydroxylation sites is 1. The SMILES string of the molecule is C=CC(=O)c1ccc(O)cc1.Oc1ccccc1. The Kier molecular flexibility index (Phi) is 5.19. The standard InChI is InChI=1S/C9H8O2.C6H6O/c1-2-9(11)7-3-5-8(10)6-4-7;7-6-4-2-1-3-5-6/h2-6,10H,1H2;1-5,7H. The second-order valence-corrected chi connectivity index (χ2v) is 3.45. The van der Waals surface area contributed by atoms with E-state index in [1.807, 2.05) is 6.07 Å². The van der Waals surface area contributed by atoms with Gasteiger partial charge in [0.1, 0.15) is 11.5 Å². The summed E-state index contributed by atoms with van der Waals surface area (Å²) < 4.78 is 0. The maximum Gasteiger partial charge on any atom is 0.185 e. The molecular formula is C15H14O3. The molecule has 0 aliphatic heterocycles. The molecule has 0 aromatic heterocycles. The van der Waals surface area contributed by atoms with Gasteiger partial charge in [-0.3, -0.25) is 4.79 Å². The van der Waals surface area contributed by atoms with Gasteiger partial charge in [0.25, 0.3) is 0 Å². The number of carbonyl (C=O) groups excluding carboxylic acids is 1. The van der Waals surface area contributed by atoms with Crippen LogP contribution < -0.4 is 0 Å². The number of hydrogen-bond acceptors (Lipinski definition) is 3. The molecule has 2 aromatic carbocycles. The molecule has 0 bridgehead atoms. The van der Waals surface area contributed by atoms with Crippen LogP contribution in [0.15, 0.2) is 67.3 Å². The highest BCUT2D eigenvalue weighted by molar-refractivity contribution is 6.04. The first-order valence-corrected chi connectivity index (χ1v) is 5.33. The monoisotopic (exact) mass is 242 g/mol. The summed E-state index contributed by atoms with van der Waals surface area (Å²) in [5.74, 6) is 0.345. The smallest absolute Gasteiger partial charge is 0.185 e. The van der Waals surface area contributed by atoms with Gasteiger partial charge in [-0.05, 0) is 42.5 Å². The average Bonchev–Trinajstić information content (AvgIpc) is 2.40. The molecule has 2 rings (SSSR count). The Balaban J connectivity index is 0.000000199. The van der Waals surface area contributed by atoms with Crippen molar-refractivity contribution in [2.24, 2.45) is 0 Å². The van der Waals surface area contributed by atoms with Crippen LogP contribution in [0.3, 0.4) is 0 Å². The Morgan fingerprint density at radius 2 is 1.39 bits per heavy atom. The Hall–Kier alpha value is -2.55. The number of benzene rings is 2. The fraction of sp³-hybridized carbons (Fsp3) is 0. The van der Waals surface area contributed by atoms with Crippen LogP contribution in [0.2, 0.25) is 0 Å². The molecule has 0 radical (unpaired) electrons. The normalized spacial score (nSPS) is 8.89. The zero-order chi connectivity index (χ0) is 13.4. The lowest BCUT2D eigenvalue weighted by Crippen LogP contribution is -1.91. The van der Waals surface area contributed by atoms with E-state index in [1.54, 1.807) is 36.4 Å². The van der Waals surface area contributed by atoms with E-state index in [4.69, 9.17) is 10.2 Å². The molecule has 0 amide bonds. The summed E-state index contributed by atoms with van der Waals surface area (Å²) in [5, 5.41) is 17.5. The van der Waals surface area contributed by atoms with E-state index in [-0.39, 0.29) is 11.5 Å². The van der Waals surface area contributed by atoms with Crippen molar-refractivity contribution in [3.63, 3.8) is 0 Å². The first kappa shape index (κ1) is 13.5. The second kappa shape index (κ2) is 6.91. The predicted octanol–water partition coefficient (Wildman–Crippen LogP) is 3.15. The van der Waals surface area contributed by atoms with E-state index in [9.17, 15) is 4.79 Å². The lowest BCUT2D eigenvalue weighted by atomic mass is 10.1. The molecule has 2 aromatic rings. The molecule has 2 N–H and O–H groups in total. The van der Waals surface area contributed by atoms with Gasteiger partial charge >= 0.3 is 0 Å². The van der Waals surface area contributed by atoms with Crippen LogP contribution in [-0.4, -0.2) is 16.0 Å². The lowest BCUT2D eigenvalue weighted by Gasteiger charge is -1.94. The van der Waals surface area contributed by atoms with E-state index in [2.05, 4.69) is 6.58 Å². The van der Waals surface area contributed by atoms with Crippen LogP contribution in [0.5, 0.6) is 11.5 Å². The number of phenolic OH excluding ortho intramolecular Hbond substituents is 2. The summed E-state index contributed by atoms with van der Waals surface area (Å²) in [4.78, 5) is 10.9. The van der Waals surface area contributed by atoms with Crippen LogP contribution in [-0.2, 0) is 0 Å². The third-order valence-corrected chi connectivity index (χ3v) is 2.09. The first-order chi connectivity index (χ1) is 8.63. The highest BCUT2D eigenvalue weighted by Gasteiger charge is 1.98. The second-order valence-electron chi connectivity index (χ2n) is 3.45. The van der Waals surface area contributed by atoms with Crippen molar-refractivity contribution in [1.82, 2.24) is 0 Å². The molecule has 0 spiro atoms. The number of ketones is 1. The van der Waals surface area contributed by atoms with E-state index in [1.165, 1.54) is 18.2 Å². The molecule has 3 nitrogen and oxygen atoms in total. The molecule has 0 aliphatic carbocycles. The predicted molar refractivity (Wildman–Crippen MR) is 70.7 cm³/mol. The summed E-state index contributed by atoms with van der Waals surface area (Å²) in [6.07, 6.45) is 1.24. The highest BCUT2D eigenvalue weighted by Crippen LogP contribution is 2.09. The fourth-order valence-electron chi connectivity index (χ4n) is 1.17. The van der Waals surface area contributed by atoms with Gasteiger partial charge in [-0.2, -0.15) is 0 Å². The Bertz CT molecular complexity index is 501. The Labute approximate surface area is 106 Å². The van der Waals surface area contributed by atoms with Crippen LogP contribution in [0.1, 0.15) is 10.4 Å². The van der Waals surface area contributed by atoms with E-state index < -0.39 is 0 Å². The summed E-state index contributed by atoms with van der Waals surface area (Å²) in [5.41, 5.74) is 0.540. The average molecular weight is 242 g/mol. The minimum Gasteiger partial charge on any atom is -0.508 e. The van der Waals surface area contributed by atoms with Gasteiger partial charge in [0.05, 0.1) is 0 Å². The van der Waals surface area contributed by atoms with Crippen molar-refractivity contribution in [3.8, 4) is 11.5 Å². The van der Waals surface area contributed by atoms with Crippen molar-refractivity contribution in [3.05, 3.63) is 72.8 Å². The topological polar surface area (TPSA) is 57.5 Å². The number of phenols is 2. The fourth-order valence-corrected chi connectivity index (χ4v) is 1.17. The number of aromatic hydroxyl groups is 2. The van der Waals surface area contributed by atoms with Crippen molar-refractivity contribution < 1.29 is 15.0 Å². The quantitative estimate of drug-likeness (QED) is 0.628. The largest absolute Gasteiger partial charge is 0.508 e. The number of hydrogen-bond donors (Lipinski definition) is 2. The van der Waals surface area contributed by atoms with Gasteiger partial charge < -0.3 is 10.2 Å². The van der Waals surface area contributed by atoms with Crippen LogP contribution in [0, 0.1) is 0 Å². The molecule has 0 unspecified atom stereocenters. The molecule has 3 heteroatoms. The van der Waals surface area contributed by atoms with Crippen LogP contribution in [0.25, 0.3) is 0 Å². The molecule has 0 fully saturated rings. The molecule has 18 heavy (non-hydrogen) atoms. The van der Waals surface area contributed by atoms with Crippen molar-refractivity contribution in [1.29, 1.82) is 0 Å². The lowest BCUT2D eigenvalue weighted by molar-refractivity contribution is 0.104. The van der Waals surface area contributed by atoms with Gasteiger partial charge in [0, 0.05) is 5.56 Å². The molecule has 0 saturated carbocycles. The molecule has 0 aliphatic rings. The minimum absolute atomic E-state index is 0.134. The van der Waals surface area contributed by atoms with Crippen molar-refractivity contribution in [2.45, 2.75) is 0 Å². The first-order valence-electron chi connectivity index (χ1n) is 5.33. The zero-order valence-electron chi connectivity index (χ0n) is 9.78. The van der Waals surface area contributed by atoms with Crippen molar-refractivity contribution >= 4 is 5.78 Å². The van der Waals surface area contributed by atoms with Gasteiger partial charge in [-0.1, -0.05) is 24.8 Å². The third-order valence-electron chi connectivity index (χ3n) is 2.09. The molecule has 92 valence electrons. The Morgan fingerprint density at radius 3 is 1.78 bits per heavy atom. The van der Waals surface area contributed by atoms with E-state index >= 15 is 0 Å². The molecule has 0 saturated heterocycles. The van der Waals surface area contributed by atoms with Gasteiger partial charge in [0.15, 0.2) is 5.78 Å². The third kappa shape index (κ3) is 4.53. The van der Waals surface area contributed by atoms with Crippen molar-refractivity contribution in [2.75, 3.05) is 0 Å². The van der Waals surface area contributed by atoms with E-state index in [0.29, 0.717) is 11.3 Å². The number of allylic oxidation sites excluding steroid dienone is 1. The van der Waals surface area contributed by atoms with Gasteiger partial charge in [0.2, 0.25) is 0 Å². The summed E-state index contributed by atoms with van der Waals surface area (Å²) in [7, 11) is 0. The summed E-state index contributed by atoms with van der Waals surface area (Å²) in [6.45, 7) is 3.35. The Morgan fingerprint density at radius 1 is 0.889 bits per heavy atom. The number of carbonyl (C=O) groups is 1. The minimum atomic E-state index is -0.134. The maximum atomic E-state index is 10.9. The molecular weight excluding hydrogens is 228 g/mol. The summed E-state index contributed by atoms with van der Waals surface area (Å²) >= 11 is 0. The zero-order valence-corrected chi connectivity index (χ0v) is 9.78. The van der Waals surface area contributed by atoms with Gasteiger partial charge in [-0.15, -0.1) is 0 Å². The van der Waals surface area contributed by atoms with Crippen LogP contribution in [0.4, 0.5) is 0 Å². The molecule has 0 atom stereocenters. The van der Waals surface area contributed by atoms with Gasteiger partial charge in [-0.25, -0.2) is 0 Å². The highest BCUT2D eigenvalue weighted by atomic mass is 16.3. The maximum absolute atomic E-state index is 10.9.